The molecule has 0 bridgehead atoms. The van der Waals surface area contributed by atoms with Crippen LogP contribution in [0.5, 0.6) is 0 Å². The molecule has 0 N–H and O–H groups in total. The first-order chi connectivity index (χ1) is 13.8. The van der Waals surface area contributed by atoms with E-state index >= 15 is 0 Å². The Hall–Kier alpha value is -1.85. The fraction of sp³-hybridized carbons (Fsp3) is 0. The van der Waals surface area contributed by atoms with Crippen molar-refractivity contribution in [2.75, 3.05) is 0 Å². The molecule has 0 amide bonds. The van der Waals surface area contributed by atoms with E-state index in [2.05, 4.69) is 121 Å². The van der Waals surface area contributed by atoms with E-state index in [1.54, 1.807) is 0 Å². The van der Waals surface area contributed by atoms with Gasteiger partial charge in [0.15, 0.2) is 0 Å². The van der Waals surface area contributed by atoms with Crippen molar-refractivity contribution in [1.82, 2.24) is 0 Å². The van der Waals surface area contributed by atoms with Crippen LogP contribution in [0.4, 0.5) is 0 Å². The molecule has 0 aliphatic carbocycles. The van der Waals surface area contributed by atoms with Crippen LogP contribution in [-0.4, -0.2) is 5.52 Å². The zero-order valence-corrected chi connectivity index (χ0v) is 18.7. The summed E-state index contributed by atoms with van der Waals surface area (Å²) in [6.07, 6.45) is 0. The molecule has 0 aliphatic rings. The quantitative estimate of drug-likeness (QED) is 0.283. The van der Waals surface area contributed by atoms with Crippen molar-refractivity contribution in [3.8, 4) is 0 Å². The van der Waals surface area contributed by atoms with E-state index in [1.165, 1.54) is 19.9 Å². The Bertz CT molecular complexity index is 876. The summed E-state index contributed by atoms with van der Waals surface area (Å²) in [5.41, 5.74) is -2.14. The molecule has 28 heavy (non-hydrogen) atoms. The van der Waals surface area contributed by atoms with Crippen molar-refractivity contribution in [2.24, 2.45) is 0 Å². The average molecular weight is 433 g/mol. The minimum absolute atomic E-state index is 1.32. The van der Waals surface area contributed by atoms with Crippen LogP contribution in [0.15, 0.2) is 136 Å². The maximum Gasteiger partial charge on any atom is 0.284 e. The first-order valence-electron chi connectivity index (χ1n) is 9.12. The first-order valence-corrected chi connectivity index (χ1v) is 15.7. The van der Waals surface area contributed by atoms with Gasteiger partial charge < -0.3 is 0 Å². The van der Waals surface area contributed by atoms with Gasteiger partial charge in [-0.2, -0.15) is 0 Å². The van der Waals surface area contributed by atoms with Crippen molar-refractivity contribution < 1.29 is 0 Å². The van der Waals surface area contributed by atoms with Gasteiger partial charge in [-0.3, -0.25) is 0 Å². The molecule has 0 spiro atoms. The Labute approximate surface area is 179 Å². The third kappa shape index (κ3) is 4.95. The highest BCUT2D eigenvalue weighted by Gasteiger charge is 2.40. The van der Waals surface area contributed by atoms with E-state index in [4.69, 9.17) is 0 Å². The third-order valence-electron chi connectivity index (χ3n) is 4.11. The molecule has 0 aromatic heterocycles. The molecular formula is C24H20S3Si. The van der Waals surface area contributed by atoms with Crippen LogP contribution in [0.3, 0.4) is 0 Å². The monoisotopic (exact) mass is 432 g/mol. The Morgan fingerprint density at radius 3 is 0.964 bits per heavy atom. The molecule has 0 nitrogen and oxygen atoms in total. The zero-order chi connectivity index (χ0) is 19.1. The van der Waals surface area contributed by atoms with Crippen LogP contribution in [0.25, 0.3) is 0 Å². The molecule has 0 fully saturated rings. The van der Waals surface area contributed by atoms with Crippen molar-refractivity contribution >= 4 is 44.3 Å². The lowest BCUT2D eigenvalue weighted by molar-refractivity contribution is 1.47. The summed E-state index contributed by atoms with van der Waals surface area (Å²) >= 11 is 6.13. The summed E-state index contributed by atoms with van der Waals surface area (Å²) in [6, 6.07) is 43.5. The third-order valence-corrected chi connectivity index (χ3v) is 18.6. The van der Waals surface area contributed by atoms with Crippen LogP contribution in [0.1, 0.15) is 0 Å². The summed E-state index contributed by atoms with van der Waals surface area (Å²) in [7, 11) is 0. The van der Waals surface area contributed by atoms with Gasteiger partial charge in [0.1, 0.15) is 0 Å². The molecule has 4 rings (SSSR count). The van der Waals surface area contributed by atoms with E-state index < -0.39 is 5.52 Å². The fourth-order valence-electron chi connectivity index (χ4n) is 2.81. The molecule has 138 valence electrons. The standard InChI is InChI=1S/C24H20S3Si/c1-5-13-21(14-6-1)25-28(24-19-11-4-12-20-24,26-22-15-7-2-8-16-22)27-23-17-9-3-10-18-23/h1-20H. The van der Waals surface area contributed by atoms with E-state index in [-0.39, 0.29) is 0 Å². The summed E-state index contributed by atoms with van der Waals surface area (Å²) in [5, 5.41) is 1.44. The van der Waals surface area contributed by atoms with Crippen molar-refractivity contribution in [1.29, 1.82) is 0 Å². The topological polar surface area (TPSA) is 0 Å². The van der Waals surface area contributed by atoms with Crippen LogP contribution in [-0.2, 0) is 0 Å². The fourth-order valence-corrected chi connectivity index (χ4v) is 18.7. The normalized spacial score (nSPS) is 11.3. The van der Waals surface area contributed by atoms with Gasteiger partial charge in [0, 0.05) is 14.7 Å². The highest BCUT2D eigenvalue weighted by atomic mass is 32.8. The summed E-state index contributed by atoms with van der Waals surface area (Å²) in [5.74, 6) is 0. The lowest BCUT2D eigenvalue weighted by Gasteiger charge is -2.30. The number of hydrogen-bond donors (Lipinski definition) is 0. The molecule has 0 radical (unpaired) electrons. The van der Waals surface area contributed by atoms with Crippen LogP contribution >= 0.6 is 33.6 Å². The van der Waals surface area contributed by atoms with E-state index in [0.29, 0.717) is 0 Å². The Kier molecular flexibility index (Phi) is 6.65. The van der Waals surface area contributed by atoms with Gasteiger partial charge in [0.2, 0.25) is 0 Å². The smallest absolute Gasteiger partial charge is 0.121 e. The van der Waals surface area contributed by atoms with Gasteiger partial charge in [0.25, 0.3) is 5.52 Å². The number of hydrogen-bond acceptors (Lipinski definition) is 3. The molecule has 0 unspecified atom stereocenters. The SMILES string of the molecule is c1ccc(S[Si](Sc2ccccc2)(Sc2ccccc2)c2ccccc2)cc1. The second kappa shape index (κ2) is 9.57. The maximum absolute atomic E-state index is 2.30. The van der Waals surface area contributed by atoms with Crippen molar-refractivity contribution in [3.05, 3.63) is 121 Å². The average Bonchev–Trinajstić information content (AvgIpc) is 2.76. The largest absolute Gasteiger partial charge is 0.284 e. The second-order valence-electron chi connectivity index (χ2n) is 6.17. The molecule has 0 aliphatic heterocycles. The molecule has 4 heteroatoms. The van der Waals surface area contributed by atoms with Gasteiger partial charge in [0.05, 0.1) is 0 Å². The molecule has 4 aromatic rings. The van der Waals surface area contributed by atoms with Crippen LogP contribution in [0.2, 0.25) is 0 Å². The first kappa shape index (κ1) is 19.5. The van der Waals surface area contributed by atoms with Crippen molar-refractivity contribution in [3.63, 3.8) is 0 Å². The lowest BCUT2D eigenvalue weighted by atomic mass is 10.4. The van der Waals surface area contributed by atoms with Crippen molar-refractivity contribution in [2.45, 2.75) is 14.7 Å². The summed E-state index contributed by atoms with van der Waals surface area (Å²) < 4.78 is 0. The Balaban J connectivity index is 1.82. The predicted molar refractivity (Wildman–Crippen MR) is 129 cm³/mol. The van der Waals surface area contributed by atoms with Crippen LogP contribution < -0.4 is 5.19 Å². The molecule has 0 saturated heterocycles. The predicted octanol–water partition coefficient (Wildman–Crippen LogP) is 7.21. The molecular weight excluding hydrogens is 413 g/mol. The highest BCUT2D eigenvalue weighted by molar-refractivity contribution is 8.82. The molecule has 0 saturated carbocycles. The van der Waals surface area contributed by atoms with Gasteiger partial charge in [-0.15, -0.1) is 33.6 Å². The molecule has 0 atom stereocenters. The summed E-state index contributed by atoms with van der Waals surface area (Å²) in [4.78, 5) is 3.97. The van der Waals surface area contributed by atoms with E-state index in [1.807, 2.05) is 33.6 Å². The lowest BCUT2D eigenvalue weighted by Crippen LogP contribution is -2.38. The minimum atomic E-state index is -2.14. The molecule has 4 aromatic carbocycles. The van der Waals surface area contributed by atoms with Gasteiger partial charge >= 0.3 is 0 Å². The Morgan fingerprint density at radius 1 is 0.357 bits per heavy atom. The number of benzene rings is 4. The van der Waals surface area contributed by atoms with Gasteiger partial charge in [-0.25, -0.2) is 0 Å². The van der Waals surface area contributed by atoms with E-state index in [9.17, 15) is 0 Å². The minimum Gasteiger partial charge on any atom is -0.121 e. The van der Waals surface area contributed by atoms with Gasteiger partial charge in [-0.1, -0.05) is 84.9 Å². The van der Waals surface area contributed by atoms with E-state index in [0.717, 1.165) is 0 Å². The number of rotatable bonds is 7. The Morgan fingerprint density at radius 2 is 0.643 bits per heavy atom. The van der Waals surface area contributed by atoms with Crippen LogP contribution in [0, 0.1) is 0 Å². The second-order valence-corrected chi connectivity index (χ2v) is 19.6. The zero-order valence-electron chi connectivity index (χ0n) is 15.3. The highest BCUT2D eigenvalue weighted by Crippen LogP contribution is 2.50. The summed E-state index contributed by atoms with van der Waals surface area (Å²) in [6.45, 7) is 0. The van der Waals surface area contributed by atoms with Gasteiger partial charge in [-0.05, 0) is 41.6 Å². The molecule has 0 heterocycles. The maximum atomic E-state index is 2.30.